The van der Waals surface area contributed by atoms with Crippen molar-refractivity contribution in [2.45, 2.75) is 64.0 Å². The zero-order valence-corrected chi connectivity index (χ0v) is 29.0. The predicted molar refractivity (Wildman–Crippen MR) is 183 cm³/mol. The predicted octanol–water partition coefficient (Wildman–Crippen LogP) is 5.74. The number of likely N-dealkylation sites (N-methyl/N-ethyl adjacent to an activating group) is 1. The zero-order chi connectivity index (χ0) is 37.9. The van der Waals surface area contributed by atoms with Gasteiger partial charge in [0.1, 0.15) is 35.1 Å². The molecule has 0 aliphatic carbocycles. The molecule has 4 amide bonds. The minimum Gasteiger partial charge on any atom is -0.465 e. The number of alkyl halides is 3. The van der Waals surface area contributed by atoms with Crippen molar-refractivity contribution in [3.63, 3.8) is 0 Å². The number of hydrogen-bond acceptors (Lipinski definition) is 7. The maximum atomic E-state index is 14.2. The minimum atomic E-state index is -4.75. The number of amides is 4. The number of aromatic nitrogens is 4. The second kappa shape index (κ2) is 15.2. The van der Waals surface area contributed by atoms with Crippen molar-refractivity contribution < 1.29 is 42.2 Å². The van der Waals surface area contributed by atoms with Gasteiger partial charge in [0.05, 0.1) is 31.1 Å². The molecule has 1 unspecified atom stereocenters. The largest absolute Gasteiger partial charge is 0.465 e. The van der Waals surface area contributed by atoms with Crippen LogP contribution in [-0.2, 0) is 20.5 Å². The third-order valence-electron chi connectivity index (χ3n) is 9.07. The molecule has 0 saturated carbocycles. The van der Waals surface area contributed by atoms with Crippen molar-refractivity contribution in [3.8, 4) is 33.6 Å². The number of halogens is 3. The molecule has 2 aromatic carbocycles. The number of carbonyl (C=O) groups excluding carboxylic acids is 3. The summed E-state index contributed by atoms with van der Waals surface area (Å²) in [6.45, 7) is 5.00. The number of carboxylic acid groups (broad SMARTS) is 1. The lowest BCUT2D eigenvalue weighted by Crippen LogP contribution is -2.46. The molecule has 5 N–H and O–H groups in total. The number of nitrogens with zero attached hydrogens (tertiary/aromatic N) is 4. The van der Waals surface area contributed by atoms with Gasteiger partial charge >= 0.3 is 18.4 Å². The average Bonchev–Trinajstić information content (AvgIpc) is 3.90. The summed E-state index contributed by atoms with van der Waals surface area (Å²) in [7, 11) is 2.82. The van der Waals surface area contributed by atoms with Gasteiger partial charge in [-0.1, -0.05) is 48.5 Å². The molecule has 4 atom stereocenters. The van der Waals surface area contributed by atoms with E-state index in [0.717, 1.165) is 16.7 Å². The van der Waals surface area contributed by atoms with E-state index in [1.165, 1.54) is 23.8 Å². The van der Waals surface area contributed by atoms with Crippen molar-refractivity contribution in [1.82, 2.24) is 40.4 Å². The van der Waals surface area contributed by atoms with Crippen LogP contribution in [0.5, 0.6) is 0 Å². The maximum Gasteiger partial charge on any atom is 0.433 e. The molecular weight excluding hydrogens is 685 g/mol. The first-order valence-electron chi connectivity index (χ1n) is 16.4. The number of hydrogen-bond donors (Lipinski definition) is 5. The lowest BCUT2D eigenvalue weighted by Gasteiger charge is -2.26. The van der Waals surface area contributed by atoms with Crippen LogP contribution in [0.3, 0.4) is 0 Å². The first-order valence-corrected chi connectivity index (χ1v) is 16.4. The van der Waals surface area contributed by atoms with Gasteiger partial charge in [0.25, 0.3) is 0 Å². The van der Waals surface area contributed by atoms with Crippen molar-refractivity contribution >= 4 is 24.0 Å². The van der Waals surface area contributed by atoms with Crippen LogP contribution < -0.4 is 10.6 Å². The quantitative estimate of drug-likeness (QED) is 0.137. The highest BCUT2D eigenvalue weighted by atomic mass is 19.4. The Hall–Kier alpha value is -5.87. The number of likely N-dealkylation sites (tertiary alicyclic amines) is 1. The Labute approximate surface area is 296 Å². The van der Waals surface area contributed by atoms with E-state index < -0.39 is 54.1 Å². The highest BCUT2D eigenvalue weighted by Gasteiger charge is 2.41. The molecule has 276 valence electrons. The molecule has 1 saturated heterocycles. The second-order valence-corrected chi connectivity index (χ2v) is 12.5. The average molecular weight is 725 g/mol. The standard InChI is InChI=1S/C35H39F3N8O6/c1-18(41-34(51)52-5)31(47)45(4)20(3)29-39-17-25(42-29)23-12-8-21(9-13-23)22-10-14-24(15-11-22)27-28(35(36,37)38)44-30(43-27)26-7-6-16-46(26)32(48)19(2)40-33(49)50/h8-15,17-20,26,40H,6-7,16H2,1-5H3,(H,39,42)(H,41,51)(H,43,44)(H,49,50)/t18-,19-,20?,26-/m0/s1. The number of ether oxygens (including phenoxy) is 1. The second-order valence-electron chi connectivity index (χ2n) is 12.5. The van der Waals surface area contributed by atoms with E-state index in [2.05, 4.69) is 35.3 Å². The molecule has 0 bridgehead atoms. The van der Waals surface area contributed by atoms with Gasteiger partial charge in [-0.3, -0.25) is 9.59 Å². The van der Waals surface area contributed by atoms with E-state index in [0.29, 0.717) is 24.4 Å². The van der Waals surface area contributed by atoms with Crippen molar-refractivity contribution in [3.05, 3.63) is 72.1 Å². The first-order chi connectivity index (χ1) is 24.6. The normalized spacial score (nSPS) is 16.2. The zero-order valence-electron chi connectivity index (χ0n) is 29.0. The van der Waals surface area contributed by atoms with Crippen LogP contribution in [0.4, 0.5) is 22.8 Å². The number of imidazole rings is 2. The molecule has 52 heavy (non-hydrogen) atoms. The number of alkyl carbamates (subject to hydrolysis) is 1. The van der Waals surface area contributed by atoms with Gasteiger partial charge in [0.15, 0.2) is 0 Å². The SMILES string of the molecule is COC(=O)N[C@@H](C)C(=O)N(C)C(C)c1ncc(-c2ccc(-c3ccc(-c4nc([C@@H]5CCCN5C(=O)[C@H](C)NC(=O)O)[nH]c4C(F)(F)F)cc3)cc2)[nH]1. The third-order valence-corrected chi connectivity index (χ3v) is 9.07. The van der Waals surface area contributed by atoms with E-state index in [9.17, 15) is 32.3 Å². The van der Waals surface area contributed by atoms with E-state index in [1.807, 2.05) is 24.3 Å². The van der Waals surface area contributed by atoms with Gasteiger partial charge in [-0.05, 0) is 50.3 Å². The molecule has 1 aliphatic heterocycles. The van der Waals surface area contributed by atoms with Crippen LogP contribution in [0.15, 0.2) is 54.7 Å². The summed E-state index contributed by atoms with van der Waals surface area (Å²) < 4.78 is 47.2. The molecule has 14 nitrogen and oxygen atoms in total. The number of carbonyl (C=O) groups is 4. The fraction of sp³-hybridized carbons (Fsp3) is 0.371. The summed E-state index contributed by atoms with van der Waals surface area (Å²) in [6.07, 6.45) is -4.30. The summed E-state index contributed by atoms with van der Waals surface area (Å²) in [5.41, 5.74) is 1.97. The fourth-order valence-electron chi connectivity index (χ4n) is 6.11. The van der Waals surface area contributed by atoms with Crippen molar-refractivity contribution in [1.29, 1.82) is 0 Å². The molecule has 0 radical (unpaired) electrons. The summed E-state index contributed by atoms with van der Waals surface area (Å²) in [5, 5.41) is 13.5. The molecular formula is C35H39F3N8O6. The van der Waals surface area contributed by atoms with Gasteiger partial charge in [0.2, 0.25) is 11.8 Å². The number of aromatic amines is 2. The Bertz CT molecular complexity index is 1930. The molecule has 4 aromatic rings. The third kappa shape index (κ3) is 8.03. The number of methoxy groups -OCH3 is 1. The molecule has 0 spiro atoms. The van der Waals surface area contributed by atoms with Crippen LogP contribution in [0.1, 0.15) is 63.0 Å². The van der Waals surface area contributed by atoms with Crippen LogP contribution in [0.25, 0.3) is 33.6 Å². The molecule has 1 aliphatic rings. The summed E-state index contributed by atoms with van der Waals surface area (Å²) in [4.78, 5) is 65.5. The van der Waals surface area contributed by atoms with Crippen LogP contribution >= 0.6 is 0 Å². The van der Waals surface area contributed by atoms with E-state index in [-0.39, 0.29) is 29.5 Å². The van der Waals surface area contributed by atoms with Gasteiger partial charge in [-0.2, -0.15) is 13.2 Å². The number of rotatable bonds is 10. The van der Waals surface area contributed by atoms with E-state index in [4.69, 9.17) is 5.11 Å². The Morgan fingerprint density at radius 3 is 2.12 bits per heavy atom. The first kappa shape index (κ1) is 37.4. The maximum absolute atomic E-state index is 14.2. The highest BCUT2D eigenvalue weighted by molar-refractivity contribution is 5.86. The Kier molecular flexibility index (Phi) is 10.9. The van der Waals surface area contributed by atoms with E-state index >= 15 is 0 Å². The van der Waals surface area contributed by atoms with Crippen LogP contribution in [-0.4, -0.2) is 91.6 Å². The Morgan fingerprint density at radius 2 is 1.54 bits per heavy atom. The fourth-order valence-corrected chi connectivity index (χ4v) is 6.11. The monoisotopic (exact) mass is 724 g/mol. The lowest BCUT2D eigenvalue weighted by atomic mass is 10.0. The lowest BCUT2D eigenvalue weighted by molar-refractivity contribution is -0.140. The van der Waals surface area contributed by atoms with Crippen molar-refractivity contribution in [2.75, 3.05) is 20.7 Å². The van der Waals surface area contributed by atoms with Gasteiger partial charge in [-0.25, -0.2) is 19.6 Å². The Balaban J connectivity index is 1.31. The molecule has 3 heterocycles. The summed E-state index contributed by atoms with van der Waals surface area (Å²) in [5.74, 6) is -0.361. The van der Waals surface area contributed by atoms with Gasteiger partial charge < -0.3 is 40.2 Å². The van der Waals surface area contributed by atoms with Gasteiger partial charge in [0, 0.05) is 19.2 Å². The summed E-state index contributed by atoms with van der Waals surface area (Å²) >= 11 is 0. The van der Waals surface area contributed by atoms with Crippen LogP contribution in [0, 0.1) is 0 Å². The molecule has 1 fully saturated rings. The molecule has 2 aromatic heterocycles. The topological polar surface area (TPSA) is 186 Å². The molecule has 17 heteroatoms. The number of benzene rings is 2. The smallest absolute Gasteiger partial charge is 0.433 e. The number of H-pyrrole nitrogens is 2. The Morgan fingerprint density at radius 1 is 0.942 bits per heavy atom. The van der Waals surface area contributed by atoms with E-state index in [1.54, 1.807) is 51.4 Å². The summed E-state index contributed by atoms with van der Waals surface area (Å²) in [6, 6.07) is 10.9. The van der Waals surface area contributed by atoms with Crippen LogP contribution in [0.2, 0.25) is 0 Å². The van der Waals surface area contributed by atoms with Gasteiger partial charge in [-0.15, -0.1) is 0 Å². The molecule has 5 rings (SSSR count). The van der Waals surface area contributed by atoms with Crippen molar-refractivity contribution in [2.24, 2.45) is 0 Å². The number of nitrogens with one attached hydrogen (secondary N) is 4. The highest BCUT2D eigenvalue weighted by Crippen LogP contribution is 2.40. The minimum absolute atomic E-state index is 0.0184.